The highest BCUT2D eigenvalue weighted by atomic mass is 79.9. The van der Waals surface area contributed by atoms with E-state index in [2.05, 4.69) is 31.5 Å². The Kier molecular flexibility index (Phi) is 3.85. The molecule has 2 aromatic heterocycles. The molecule has 0 fully saturated rings. The van der Waals surface area contributed by atoms with E-state index in [9.17, 15) is 0 Å². The summed E-state index contributed by atoms with van der Waals surface area (Å²) in [5, 5.41) is -0.127. The van der Waals surface area contributed by atoms with Gasteiger partial charge >= 0.3 is 0 Å². The molecular weight excluding hydrogens is 340 g/mol. The lowest BCUT2D eigenvalue weighted by molar-refractivity contribution is 0.490. The Morgan fingerprint density at radius 3 is 2.95 bits per heavy atom. The van der Waals surface area contributed by atoms with E-state index in [1.54, 1.807) is 6.26 Å². The fraction of sp³-hybridized carbons (Fsp3) is 0.267. The van der Waals surface area contributed by atoms with Gasteiger partial charge in [0.15, 0.2) is 0 Å². The number of nitrogens with zero attached hydrogens (tertiary/aromatic N) is 2. The van der Waals surface area contributed by atoms with Crippen molar-refractivity contribution in [1.82, 2.24) is 9.55 Å². The Balaban J connectivity index is 2.00. The fourth-order valence-electron chi connectivity index (χ4n) is 2.34. The molecule has 5 heteroatoms. The van der Waals surface area contributed by atoms with Crippen LogP contribution in [0.1, 0.15) is 23.9 Å². The SMILES string of the molecule is CC(Cl)c1nc2cc(Br)ccc2n1CCc1ccco1. The normalized spacial score (nSPS) is 12.9. The summed E-state index contributed by atoms with van der Waals surface area (Å²) in [7, 11) is 0. The third kappa shape index (κ3) is 2.63. The number of aryl methyl sites for hydroxylation is 2. The lowest BCUT2D eigenvalue weighted by Crippen LogP contribution is -2.06. The number of fused-ring (bicyclic) bond motifs is 1. The van der Waals surface area contributed by atoms with Crippen molar-refractivity contribution in [3.8, 4) is 0 Å². The van der Waals surface area contributed by atoms with Gasteiger partial charge in [-0.1, -0.05) is 15.9 Å². The second-order valence-electron chi connectivity index (χ2n) is 4.70. The first kappa shape index (κ1) is 13.7. The zero-order valence-electron chi connectivity index (χ0n) is 11.0. The zero-order chi connectivity index (χ0) is 14.1. The molecule has 2 heterocycles. The molecule has 0 bridgehead atoms. The highest BCUT2D eigenvalue weighted by Gasteiger charge is 2.15. The molecule has 1 atom stereocenters. The van der Waals surface area contributed by atoms with Gasteiger partial charge in [0.1, 0.15) is 11.6 Å². The average molecular weight is 354 g/mol. The topological polar surface area (TPSA) is 31.0 Å². The predicted molar refractivity (Wildman–Crippen MR) is 84.1 cm³/mol. The molecule has 0 spiro atoms. The molecule has 0 aliphatic carbocycles. The Morgan fingerprint density at radius 2 is 2.25 bits per heavy atom. The molecule has 3 nitrogen and oxygen atoms in total. The molecule has 0 saturated carbocycles. The second-order valence-corrected chi connectivity index (χ2v) is 6.27. The molecule has 1 aromatic carbocycles. The van der Waals surface area contributed by atoms with Crippen LogP contribution in [0.4, 0.5) is 0 Å². The maximum absolute atomic E-state index is 6.26. The number of alkyl halides is 1. The number of hydrogen-bond acceptors (Lipinski definition) is 2. The molecule has 0 N–H and O–H groups in total. The Hall–Kier alpha value is -1.26. The van der Waals surface area contributed by atoms with Crippen molar-refractivity contribution >= 4 is 38.6 Å². The molecule has 3 aromatic rings. The first-order chi connectivity index (χ1) is 9.65. The minimum atomic E-state index is -0.127. The number of halogens is 2. The van der Waals surface area contributed by atoms with Crippen LogP contribution in [0.5, 0.6) is 0 Å². The molecule has 104 valence electrons. The summed E-state index contributed by atoms with van der Waals surface area (Å²) in [6, 6.07) is 10.00. The van der Waals surface area contributed by atoms with Crippen LogP contribution < -0.4 is 0 Å². The van der Waals surface area contributed by atoms with Gasteiger partial charge in [-0.3, -0.25) is 0 Å². The summed E-state index contributed by atoms with van der Waals surface area (Å²) in [5.74, 6) is 1.86. The minimum absolute atomic E-state index is 0.127. The van der Waals surface area contributed by atoms with E-state index in [-0.39, 0.29) is 5.38 Å². The van der Waals surface area contributed by atoms with Gasteiger partial charge in [0, 0.05) is 17.4 Å². The van der Waals surface area contributed by atoms with Crippen molar-refractivity contribution < 1.29 is 4.42 Å². The van der Waals surface area contributed by atoms with E-state index in [1.165, 1.54) is 0 Å². The Morgan fingerprint density at radius 1 is 1.40 bits per heavy atom. The van der Waals surface area contributed by atoms with Gasteiger partial charge in [-0.05, 0) is 37.3 Å². The van der Waals surface area contributed by atoms with Crippen molar-refractivity contribution in [2.75, 3.05) is 0 Å². The lowest BCUT2D eigenvalue weighted by Gasteiger charge is -2.09. The van der Waals surface area contributed by atoms with E-state index in [0.29, 0.717) is 0 Å². The summed E-state index contributed by atoms with van der Waals surface area (Å²) in [6.07, 6.45) is 2.52. The number of imidazole rings is 1. The van der Waals surface area contributed by atoms with Crippen molar-refractivity contribution in [3.63, 3.8) is 0 Å². The summed E-state index contributed by atoms with van der Waals surface area (Å²) < 4.78 is 8.58. The molecule has 0 saturated heterocycles. The predicted octanol–water partition coefficient (Wildman–Crippen LogP) is 4.93. The smallest absolute Gasteiger partial charge is 0.127 e. The van der Waals surface area contributed by atoms with Crippen molar-refractivity contribution in [1.29, 1.82) is 0 Å². The summed E-state index contributed by atoms with van der Waals surface area (Å²) >= 11 is 9.74. The van der Waals surface area contributed by atoms with Crippen LogP contribution in [0.25, 0.3) is 11.0 Å². The first-order valence-corrected chi connectivity index (χ1v) is 7.70. The molecule has 1 unspecified atom stereocenters. The lowest BCUT2D eigenvalue weighted by atomic mass is 10.3. The van der Waals surface area contributed by atoms with Gasteiger partial charge in [0.05, 0.1) is 22.7 Å². The number of rotatable bonds is 4. The third-order valence-electron chi connectivity index (χ3n) is 3.26. The van der Waals surface area contributed by atoms with Gasteiger partial charge in [-0.2, -0.15) is 0 Å². The van der Waals surface area contributed by atoms with E-state index in [4.69, 9.17) is 16.0 Å². The van der Waals surface area contributed by atoms with Crippen molar-refractivity contribution in [2.45, 2.75) is 25.3 Å². The molecule has 0 amide bonds. The van der Waals surface area contributed by atoms with Gasteiger partial charge in [0.25, 0.3) is 0 Å². The van der Waals surface area contributed by atoms with Gasteiger partial charge < -0.3 is 8.98 Å². The molecule has 0 aliphatic heterocycles. The van der Waals surface area contributed by atoms with Crippen LogP contribution in [0.3, 0.4) is 0 Å². The minimum Gasteiger partial charge on any atom is -0.469 e. The van der Waals surface area contributed by atoms with E-state index in [1.807, 2.05) is 31.2 Å². The van der Waals surface area contributed by atoms with Crippen LogP contribution in [-0.2, 0) is 13.0 Å². The maximum atomic E-state index is 6.26. The molecule has 0 aliphatic rings. The van der Waals surface area contributed by atoms with Crippen molar-refractivity contribution in [2.24, 2.45) is 0 Å². The van der Waals surface area contributed by atoms with Crippen LogP contribution in [-0.4, -0.2) is 9.55 Å². The molecule has 20 heavy (non-hydrogen) atoms. The third-order valence-corrected chi connectivity index (χ3v) is 3.95. The number of aromatic nitrogens is 2. The van der Waals surface area contributed by atoms with E-state index >= 15 is 0 Å². The van der Waals surface area contributed by atoms with Gasteiger partial charge in [-0.15, -0.1) is 11.6 Å². The first-order valence-electron chi connectivity index (χ1n) is 6.47. The van der Waals surface area contributed by atoms with Crippen LogP contribution in [0.15, 0.2) is 45.5 Å². The van der Waals surface area contributed by atoms with Crippen molar-refractivity contribution in [3.05, 3.63) is 52.7 Å². The van der Waals surface area contributed by atoms with Crippen LogP contribution in [0, 0.1) is 0 Å². The maximum Gasteiger partial charge on any atom is 0.127 e. The summed E-state index contributed by atoms with van der Waals surface area (Å²) in [4.78, 5) is 4.64. The van der Waals surface area contributed by atoms with E-state index < -0.39 is 0 Å². The van der Waals surface area contributed by atoms with E-state index in [0.717, 1.165) is 40.1 Å². The highest BCUT2D eigenvalue weighted by Crippen LogP contribution is 2.27. The van der Waals surface area contributed by atoms with Gasteiger partial charge in [0.2, 0.25) is 0 Å². The zero-order valence-corrected chi connectivity index (χ0v) is 13.4. The Labute approximate surface area is 130 Å². The fourth-order valence-corrected chi connectivity index (χ4v) is 2.85. The monoisotopic (exact) mass is 352 g/mol. The summed E-state index contributed by atoms with van der Waals surface area (Å²) in [6.45, 7) is 2.75. The highest BCUT2D eigenvalue weighted by molar-refractivity contribution is 9.10. The summed E-state index contributed by atoms with van der Waals surface area (Å²) in [5.41, 5.74) is 2.06. The molecular formula is C15H14BrClN2O. The standard InChI is InChI=1S/C15H14BrClN2O/c1-10(17)15-18-13-9-11(16)4-5-14(13)19(15)7-6-12-3-2-8-20-12/h2-5,8-10H,6-7H2,1H3. The molecule has 3 rings (SSSR count). The van der Waals surface area contributed by atoms with Gasteiger partial charge in [-0.25, -0.2) is 4.98 Å². The number of furan rings is 1. The number of benzene rings is 1. The quantitative estimate of drug-likeness (QED) is 0.622. The number of hydrogen-bond donors (Lipinski definition) is 0. The largest absolute Gasteiger partial charge is 0.469 e. The Bertz CT molecular complexity index is 719. The second kappa shape index (κ2) is 5.62. The average Bonchev–Trinajstić information content (AvgIpc) is 3.02. The van der Waals surface area contributed by atoms with Crippen LogP contribution in [0.2, 0.25) is 0 Å². The van der Waals surface area contributed by atoms with Crippen LogP contribution >= 0.6 is 27.5 Å². The molecule has 0 radical (unpaired) electrons.